The van der Waals surface area contributed by atoms with Crippen LogP contribution in [-0.4, -0.2) is 44.1 Å². The number of likely N-dealkylation sites (tertiary alicyclic amines) is 1. The van der Waals surface area contributed by atoms with E-state index in [-0.39, 0.29) is 18.3 Å². The Kier molecular flexibility index (Phi) is 4.41. The van der Waals surface area contributed by atoms with Crippen LogP contribution < -0.4 is 0 Å². The molecule has 0 bridgehead atoms. The number of hydrogen-bond donors (Lipinski definition) is 0. The van der Waals surface area contributed by atoms with E-state index in [0.29, 0.717) is 11.4 Å². The Morgan fingerprint density at radius 1 is 1.18 bits per heavy atom. The number of benzene rings is 1. The molecule has 0 aliphatic carbocycles. The van der Waals surface area contributed by atoms with Crippen LogP contribution in [0, 0.1) is 5.82 Å². The van der Waals surface area contributed by atoms with Gasteiger partial charge in [0.05, 0.1) is 0 Å². The van der Waals surface area contributed by atoms with E-state index >= 15 is 0 Å². The number of carbonyl (C=O) groups is 1. The fraction of sp³-hybridized carbons (Fsp3) is 0.467. The van der Waals surface area contributed by atoms with Crippen molar-refractivity contribution in [1.82, 2.24) is 25.1 Å². The Balaban J connectivity index is 1.67. The summed E-state index contributed by atoms with van der Waals surface area (Å²) < 4.78 is 13.2. The highest BCUT2D eigenvalue weighted by molar-refractivity contribution is 5.75. The van der Waals surface area contributed by atoms with Crippen LogP contribution >= 0.6 is 0 Å². The van der Waals surface area contributed by atoms with Crippen LogP contribution in [0.3, 0.4) is 0 Å². The van der Waals surface area contributed by atoms with E-state index in [1.807, 2.05) is 4.90 Å². The molecule has 1 aliphatic heterocycles. The van der Waals surface area contributed by atoms with Gasteiger partial charge < -0.3 is 4.90 Å². The molecule has 2 aromatic rings. The van der Waals surface area contributed by atoms with Crippen molar-refractivity contribution in [2.45, 2.75) is 32.2 Å². The van der Waals surface area contributed by atoms with Crippen molar-refractivity contribution in [1.29, 1.82) is 0 Å². The summed E-state index contributed by atoms with van der Waals surface area (Å²) in [6.07, 6.45) is 4.44. The zero-order valence-corrected chi connectivity index (χ0v) is 12.3. The summed E-state index contributed by atoms with van der Waals surface area (Å²) in [5.41, 5.74) is 0.550. The molecule has 7 heteroatoms. The Morgan fingerprint density at radius 3 is 2.68 bits per heavy atom. The van der Waals surface area contributed by atoms with Gasteiger partial charge in [0.1, 0.15) is 12.4 Å². The van der Waals surface area contributed by atoms with Crippen molar-refractivity contribution < 1.29 is 9.18 Å². The van der Waals surface area contributed by atoms with Gasteiger partial charge in [0, 0.05) is 18.7 Å². The molecule has 2 heterocycles. The lowest BCUT2D eigenvalue weighted by atomic mass is 10.2. The van der Waals surface area contributed by atoms with Crippen molar-refractivity contribution in [3.05, 3.63) is 30.1 Å². The number of rotatable bonds is 3. The zero-order chi connectivity index (χ0) is 15.4. The molecule has 1 aromatic heterocycles. The van der Waals surface area contributed by atoms with Gasteiger partial charge in [-0.25, -0.2) is 4.39 Å². The largest absolute Gasteiger partial charge is 0.341 e. The Hall–Kier alpha value is -2.31. The van der Waals surface area contributed by atoms with Crippen LogP contribution in [0.5, 0.6) is 0 Å². The Morgan fingerprint density at radius 2 is 1.95 bits per heavy atom. The first-order chi connectivity index (χ1) is 10.7. The van der Waals surface area contributed by atoms with Gasteiger partial charge in [0.25, 0.3) is 0 Å². The standard InChI is InChI=1S/C15H18FN5O/c16-13-7-5-6-12(10-13)15-17-19-21(18-15)11-14(22)20-8-3-1-2-4-9-20/h5-7,10H,1-4,8-9,11H2. The van der Waals surface area contributed by atoms with Gasteiger partial charge in [-0.2, -0.15) is 4.80 Å². The van der Waals surface area contributed by atoms with E-state index in [1.165, 1.54) is 29.8 Å². The number of carbonyl (C=O) groups excluding carboxylic acids is 1. The average molecular weight is 303 g/mol. The maximum Gasteiger partial charge on any atom is 0.246 e. The quantitative estimate of drug-likeness (QED) is 0.868. The van der Waals surface area contributed by atoms with Crippen LogP contribution in [0.4, 0.5) is 4.39 Å². The predicted octanol–water partition coefficient (Wildman–Crippen LogP) is 1.88. The predicted molar refractivity (Wildman–Crippen MR) is 78.3 cm³/mol. The molecule has 1 aliphatic rings. The smallest absolute Gasteiger partial charge is 0.246 e. The molecule has 1 aromatic carbocycles. The topological polar surface area (TPSA) is 63.9 Å². The van der Waals surface area contributed by atoms with Crippen molar-refractivity contribution in [2.24, 2.45) is 0 Å². The number of nitrogens with zero attached hydrogens (tertiary/aromatic N) is 5. The molecule has 0 N–H and O–H groups in total. The Bertz CT molecular complexity index is 649. The maximum atomic E-state index is 13.2. The molecule has 0 saturated carbocycles. The second-order valence-corrected chi connectivity index (χ2v) is 5.45. The molecule has 22 heavy (non-hydrogen) atoms. The van der Waals surface area contributed by atoms with Gasteiger partial charge in [-0.15, -0.1) is 10.2 Å². The summed E-state index contributed by atoms with van der Waals surface area (Å²) in [4.78, 5) is 15.4. The summed E-state index contributed by atoms with van der Waals surface area (Å²) in [6.45, 7) is 1.66. The fourth-order valence-corrected chi connectivity index (χ4v) is 2.59. The number of tetrazole rings is 1. The van der Waals surface area contributed by atoms with Gasteiger partial charge in [0.15, 0.2) is 0 Å². The third-order valence-corrected chi connectivity index (χ3v) is 3.77. The normalized spacial score (nSPS) is 15.6. The number of aromatic nitrogens is 4. The van der Waals surface area contributed by atoms with E-state index in [4.69, 9.17) is 0 Å². The fourth-order valence-electron chi connectivity index (χ4n) is 2.59. The zero-order valence-electron chi connectivity index (χ0n) is 12.3. The third kappa shape index (κ3) is 3.47. The van der Waals surface area contributed by atoms with E-state index < -0.39 is 0 Å². The molecule has 1 fully saturated rings. The first kappa shape index (κ1) is 14.6. The van der Waals surface area contributed by atoms with Crippen LogP contribution in [-0.2, 0) is 11.3 Å². The molecule has 3 rings (SSSR count). The molecular formula is C15H18FN5O. The molecule has 6 nitrogen and oxygen atoms in total. The van der Waals surface area contributed by atoms with E-state index in [9.17, 15) is 9.18 Å². The minimum atomic E-state index is -0.352. The van der Waals surface area contributed by atoms with Gasteiger partial charge in [0.2, 0.25) is 11.7 Å². The SMILES string of the molecule is O=C(Cn1nnc(-c2cccc(F)c2)n1)N1CCCCCC1. The summed E-state index contributed by atoms with van der Waals surface area (Å²) >= 11 is 0. The van der Waals surface area contributed by atoms with Crippen molar-refractivity contribution in [3.8, 4) is 11.4 Å². The van der Waals surface area contributed by atoms with Crippen LogP contribution in [0.15, 0.2) is 24.3 Å². The average Bonchev–Trinajstić information content (AvgIpc) is 2.80. The number of halogens is 1. The minimum Gasteiger partial charge on any atom is -0.341 e. The second kappa shape index (κ2) is 6.64. The van der Waals surface area contributed by atoms with Crippen molar-refractivity contribution in [3.63, 3.8) is 0 Å². The number of hydrogen-bond acceptors (Lipinski definition) is 4. The first-order valence-corrected chi connectivity index (χ1v) is 7.54. The molecule has 1 saturated heterocycles. The third-order valence-electron chi connectivity index (χ3n) is 3.77. The van der Waals surface area contributed by atoms with Gasteiger partial charge >= 0.3 is 0 Å². The number of amides is 1. The van der Waals surface area contributed by atoms with Crippen molar-refractivity contribution >= 4 is 5.91 Å². The highest BCUT2D eigenvalue weighted by Crippen LogP contribution is 2.14. The van der Waals surface area contributed by atoms with Gasteiger partial charge in [-0.05, 0) is 30.2 Å². The second-order valence-electron chi connectivity index (χ2n) is 5.45. The lowest BCUT2D eigenvalue weighted by molar-refractivity contribution is -0.132. The summed E-state index contributed by atoms with van der Waals surface area (Å²) in [5, 5.41) is 11.9. The van der Waals surface area contributed by atoms with E-state index in [2.05, 4.69) is 15.4 Å². The minimum absolute atomic E-state index is 0.00472. The lowest BCUT2D eigenvalue weighted by Gasteiger charge is -2.19. The molecule has 0 unspecified atom stereocenters. The molecule has 1 amide bonds. The molecule has 0 radical (unpaired) electrons. The molecule has 0 spiro atoms. The lowest BCUT2D eigenvalue weighted by Crippen LogP contribution is -2.35. The maximum absolute atomic E-state index is 13.2. The highest BCUT2D eigenvalue weighted by atomic mass is 19.1. The molecule has 116 valence electrons. The summed E-state index contributed by atoms with van der Waals surface area (Å²) in [5.74, 6) is -0.0252. The van der Waals surface area contributed by atoms with Crippen LogP contribution in [0.25, 0.3) is 11.4 Å². The molecule has 0 atom stereocenters. The van der Waals surface area contributed by atoms with E-state index in [0.717, 1.165) is 25.9 Å². The summed E-state index contributed by atoms with van der Waals surface area (Å²) in [6, 6.07) is 6.00. The van der Waals surface area contributed by atoms with E-state index in [1.54, 1.807) is 12.1 Å². The van der Waals surface area contributed by atoms with Crippen molar-refractivity contribution in [2.75, 3.05) is 13.1 Å². The highest BCUT2D eigenvalue weighted by Gasteiger charge is 2.17. The monoisotopic (exact) mass is 303 g/mol. The van der Waals surface area contributed by atoms with Gasteiger partial charge in [-0.1, -0.05) is 25.0 Å². The van der Waals surface area contributed by atoms with Crippen LogP contribution in [0.1, 0.15) is 25.7 Å². The van der Waals surface area contributed by atoms with Gasteiger partial charge in [-0.3, -0.25) is 4.79 Å². The Labute approximate surface area is 127 Å². The van der Waals surface area contributed by atoms with Crippen LogP contribution in [0.2, 0.25) is 0 Å². The molecular weight excluding hydrogens is 285 g/mol. The first-order valence-electron chi connectivity index (χ1n) is 7.54. The summed E-state index contributed by atoms with van der Waals surface area (Å²) in [7, 11) is 0.